The molecule has 2 aromatic carbocycles. The van der Waals surface area contributed by atoms with Gasteiger partial charge in [-0.05, 0) is 36.8 Å². The number of hydrogen-bond donors (Lipinski definition) is 2. The third kappa shape index (κ3) is 5.35. The number of rotatable bonds is 6. The Morgan fingerprint density at radius 1 is 1.10 bits per heavy atom. The van der Waals surface area contributed by atoms with E-state index in [1.807, 2.05) is 35.7 Å². The first-order valence-corrected chi connectivity index (χ1v) is 11.3. The highest BCUT2D eigenvalue weighted by atomic mass is 32.2. The summed E-state index contributed by atoms with van der Waals surface area (Å²) < 4.78 is 16.2. The van der Waals surface area contributed by atoms with Gasteiger partial charge < -0.3 is 29.7 Å². The van der Waals surface area contributed by atoms with Crippen LogP contribution in [-0.4, -0.2) is 61.4 Å². The summed E-state index contributed by atoms with van der Waals surface area (Å²) >= 11 is 1.86. The average molecular weight is 444 g/mol. The van der Waals surface area contributed by atoms with Gasteiger partial charge in [-0.2, -0.15) is 11.8 Å². The lowest BCUT2D eigenvalue weighted by atomic mass is 10.1. The lowest BCUT2D eigenvalue weighted by molar-refractivity contribution is 0.0772. The molecule has 2 aromatic rings. The number of aryl methyl sites for hydroxylation is 1. The first-order chi connectivity index (χ1) is 15.1. The van der Waals surface area contributed by atoms with E-state index >= 15 is 0 Å². The number of carbonyl (C=O) groups is 2. The monoisotopic (exact) mass is 443 g/mol. The van der Waals surface area contributed by atoms with Crippen molar-refractivity contribution < 1.29 is 23.8 Å². The second-order valence-corrected chi connectivity index (χ2v) is 8.40. The van der Waals surface area contributed by atoms with Crippen LogP contribution in [0.2, 0.25) is 0 Å². The standard InChI is InChI=1S/C22H25N3O5S/c1-15-2-3-16(21(26)25-7-10-31-11-8-25)12-18(15)24-22(27)23-6-9-28-17-4-5-19-20(13-17)30-14-29-19/h2-5,12-13H,6-11,14H2,1H3,(H2,23,24,27). The minimum atomic E-state index is -0.351. The van der Waals surface area contributed by atoms with Gasteiger partial charge in [-0.25, -0.2) is 4.79 Å². The maximum atomic E-state index is 12.7. The van der Waals surface area contributed by atoms with Gasteiger partial charge in [0.2, 0.25) is 6.79 Å². The van der Waals surface area contributed by atoms with Crippen molar-refractivity contribution >= 4 is 29.4 Å². The Kier molecular flexibility index (Phi) is 6.71. The summed E-state index contributed by atoms with van der Waals surface area (Å²) in [4.78, 5) is 26.9. The molecule has 1 saturated heterocycles. The van der Waals surface area contributed by atoms with Crippen molar-refractivity contribution in [1.29, 1.82) is 0 Å². The van der Waals surface area contributed by atoms with Crippen molar-refractivity contribution in [2.24, 2.45) is 0 Å². The predicted octanol–water partition coefficient (Wildman–Crippen LogP) is 3.11. The first-order valence-electron chi connectivity index (χ1n) is 10.1. The normalized spacial score (nSPS) is 14.8. The number of anilines is 1. The number of benzene rings is 2. The number of amides is 3. The molecule has 4 rings (SSSR count). The van der Waals surface area contributed by atoms with E-state index in [4.69, 9.17) is 14.2 Å². The number of urea groups is 1. The number of thioether (sulfide) groups is 1. The topological polar surface area (TPSA) is 89.1 Å². The molecule has 31 heavy (non-hydrogen) atoms. The Hall–Kier alpha value is -3.07. The highest BCUT2D eigenvalue weighted by molar-refractivity contribution is 7.99. The first kappa shape index (κ1) is 21.2. The van der Waals surface area contributed by atoms with Crippen LogP contribution in [0.5, 0.6) is 17.2 Å². The maximum Gasteiger partial charge on any atom is 0.319 e. The highest BCUT2D eigenvalue weighted by Crippen LogP contribution is 2.35. The van der Waals surface area contributed by atoms with E-state index < -0.39 is 0 Å². The molecule has 8 nitrogen and oxygen atoms in total. The number of hydrogen-bond acceptors (Lipinski definition) is 6. The molecule has 0 saturated carbocycles. The minimum Gasteiger partial charge on any atom is -0.492 e. The second kappa shape index (κ2) is 9.82. The Morgan fingerprint density at radius 3 is 2.74 bits per heavy atom. The van der Waals surface area contributed by atoms with Crippen molar-refractivity contribution in [2.45, 2.75) is 6.92 Å². The highest BCUT2D eigenvalue weighted by Gasteiger charge is 2.19. The van der Waals surface area contributed by atoms with E-state index in [1.165, 1.54) is 0 Å². The van der Waals surface area contributed by atoms with Crippen molar-refractivity contribution in [3.63, 3.8) is 0 Å². The number of nitrogens with one attached hydrogen (secondary N) is 2. The molecule has 2 aliphatic heterocycles. The zero-order chi connectivity index (χ0) is 21.6. The molecule has 0 aliphatic carbocycles. The number of ether oxygens (including phenoxy) is 3. The van der Waals surface area contributed by atoms with Gasteiger partial charge in [-0.1, -0.05) is 6.07 Å². The van der Waals surface area contributed by atoms with Crippen molar-refractivity contribution in [1.82, 2.24) is 10.2 Å². The van der Waals surface area contributed by atoms with Crippen LogP contribution in [0.4, 0.5) is 10.5 Å². The Labute approximate surface area is 185 Å². The fraction of sp³-hybridized carbons (Fsp3) is 0.364. The number of nitrogens with zero attached hydrogens (tertiary/aromatic N) is 1. The molecule has 0 atom stereocenters. The predicted molar refractivity (Wildman–Crippen MR) is 119 cm³/mol. The lowest BCUT2D eigenvalue weighted by Crippen LogP contribution is -2.38. The largest absolute Gasteiger partial charge is 0.492 e. The van der Waals surface area contributed by atoms with Gasteiger partial charge in [0.1, 0.15) is 12.4 Å². The fourth-order valence-corrected chi connectivity index (χ4v) is 4.21. The summed E-state index contributed by atoms with van der Waals surface area (Å²) in [6.07, 6.45) is 0. The molecule has 0 unspecified atom stereocenters. The Balaban J connectivity index is 1.26. The molecule has 1 fully saturated rings. The smallest absolute Gasteiger partial charge is 0.319 e. The maximum absolute atomic E-state index is 12.7. The van der Waals surface area contributed by atoms with Gasteiger partial charge >= 0.3 is 6.03 Å². The molecule has 0 bridgehead atoms. The summed E-state index contributed by atoms with van der Waals surface area (Å²) in [5.41, 5.74) is 2.09. The molecule has 2 N–H and O–H groups in total. The molecule has 3 amide bonds. The Bertz CT molecular complexity index is 962. The van der Waals surface area contributed by atoms with Crippen LogP contribution in [0, 0.1) is 6.92 Å². The van der Waals surface area contributed by atoms with Gasteiger partial charge in [-0.3, -0.25) is 4.79 Å². The third-order valence-corrected chi connectivity index (χ3v) is 5.97. The van der Waals surface area contributed by atoms with Crippen LogP contribution in [0.3, 0.4) is 0 Å². The quantitative estimate of drug-likeness (QED) is 0.667. The molecule has 0 aromatic heterocycles. The summed E-state index contributed by atoms with van der Waals surface area (Å²) in [6, 6.07) is 10.4. The van der Waals surface area contributed by atoms with E-state index in [-0.39, 0.29) is 18.7 Å². The molecule has 0 radical (unpaired) electrons. The summed E-state index contributed by atoms with van der Waals surface area (Å²) in [6.45, 7) is 4.24. The molecule has 2 aliphatic rings. The van der Waals surface area contributed by atoms with E-state index in [2.05, 4.69) is 10.6 Å². The van der Waals surface area contributed by atoms with Crippen LogP contribution < -0.4 is 24.8 Å². The molecule has 0 spiro atoms. The summed E-state index contributed by atoms with van der Waals surface area (Å²) in [5.74, 6) is 3.90. The van der Waals surface area contributed by atoms with Crippen LogP contribution in [0.25, 0.3) is 0 Å². The van der Waals surface area contributed by atoms with Crippen molar-refractivity contribution in [2.75, 3.05) is 49.9 Å². The van der Waals surface area contributed by atoms with E-state index in [0.717, 1.165) is 30.2 Å². The van der Waals surface area contributed by atoms with Gasteiger partial charge in [0.25, 0.3) is 5.91 Å². The molecular weight excluding hydrogens is 418 g/mol. The van der Waals surface area contributed by atoms with Gasteiger partial charge in [-0.15, -0.1) is 0 Å². The molecular formula is C22H25N3O5S. The number of fused-ring (bicyclic) bond motifs is 1. The fourth-order valence-electron chi connectivity index (χ4n) is 3.31. The zero-order valence-corrected chi connectivity index (χ0v) is 18.1. The van der Waals surface area contributed by atoms with Crippen LogP contribution >= 0.6 is 11.8 Å². The lowest BCUT2D eigenvalue weighted by Gasteiger charge is -2.26. The van der Waals surface area contributed by atoms with E-state index in [0.29, 0.717) is 41.7 Å². The third-order valence-electron chi connectivity index (χ3n) is 5.03. The SMILES string of the molecule is Cc1ccc(C(=O)N2CCSCC2)cc1NC(=O)NCCOc1ccc2c(c1)OCO2. The zero-order valence-electron chi connectivity index (χ0n) is 17.3. The summed E-state index contributed by atoms with van der Waals surface area (Å²) in [7, 11) is 0. The van der Waals surface area contributed by atoms with Crippen LogP contribution in [0.15, 0.2) is 36.4 Å². The molecule has 2 heterocycles. The molecule has 164 valence electrons. The van der Waals surface area contributed by atoms with Crippen molar-refractivity contribution in [3.05, 3.63) is 47.5 Å². The van der Waals surface area contributed by atoms with E-state index in [9.17, 15) is 9.59 Å². The van der Waals surface area contributed by atoms with Gasteiger partial charge in [0, 0.05) is 41.9 Å². The van der Waals surface area contributed by atoms with Crippen molar-refractivity contribution in [3.8, 4) is 17.2 Å². The summed E-state index contributed by atoms with van der Waals surface area (Å²) in [5, 5.41) is 5.59. The van der Waals surface area contributed by atoms with Crippen LogP contribution in [0.1, 0.15) is 15.9 Å². The van der Waals surface area contributed by atoms with Gasteiger partial charge in [0.05, 0.1) is 6.54 Å². The minimum absolute atomic E-state index is 0.000819. The average Bonchev–Trinajstić information content (AvgIpc) is 3.26. The molecule has 9 heteroatoms. The van der Waals surface area contributed by atoms with Gasteiger partial charge in [0.15, 0.2) is 11.5 Å². The Morgan fingerprint density at radius 2 is 1.90 bits per heavy atom. The second-order valence-electron chi connectivity index (χ2n) is 7.18. The van der Waals surface area contributed by atoms with Crippen LogP contribution in [-0.2, 0) is 0 Å². The van der Waals surface area contributed by atoms with E-state index in [1.54, 1.807) is 24.3 Å². The number of carbonyl (C=O) groups excluding carboxylic acids is 2.